The molecule has 0 aliphatic heterocycles. The lowest BCUT2D eigenvalue weighted by molar-refractivity contribution is -0.134. The van der Waals surface area contributed by atoms with Gasteiger partial charge in [0.2, 0.25) is 5.91 Å². The molecule has 1 amide bonds. The van der Waals surface area contributed by atoms with Crippen molar-refractivity contribution < 1.29 is 4.79 Å². The minimum absolute atomic E-state index is 0. The summed E-state index contributed by atoms with van der Waals surface area (Å²) in [6, 6.07) is 0. The number of halogens is 1. The van der Waals surface area contributed by atoms with Gasteiger partial charge in [-0.3, -0.25) is 4.79 Å². The van der Waals surface area contributed by atoms with Gasteiger partial charge in [0.15, 0.2) is 0 Å². The van der Waals surface area contributed by atoms with Crippen molar-refractivity contribution in [1.29, 1.82) is 0 Å². The number of carbonyl (C=O) groups excluding carboxylic acids is 1. The first kappa shape index (κ1) is 17.7. The third kappa shape index (κ3) is 5.57. The average molecular weight is 277 g/mol. The molecule has 18 heavy (non-hydrogen) atoms. The Balaban J connectivity index is 0.00000289. The predicted octanol–water partition coefficient (Wildman–Crippen LogP) is 2.82. The number of hydrogen-bond acceptors (Lipinski definition) is 2. The molecule has 0 spiro atoms. The monoisotopic (exact) mass is 276 g/mol. The topological polar surface area (TPSA) is 46.3 Å². The van der Waals surface area contributed by atoms with E-state index in [4.69, 9.17) is 5.73 Å². The molecular weight excluding hydrogens is 248 g/mol. The van der Waals surface area contributed by atoms with Crippen LogP contribution >= 0.6 is 12.4 Å². The summed E-state index contributed by atoms with van der Waals surface area (Å²) in [6.45, 7) is 10.5. The Morgan fingerprint density at radius 2 is 1.50 bits per heavy atom. The third-order valence-corrected chi connectivity index (χ3v) is 3.45. The van der Waals surface area contributed by atoms with Crippen molar-refractivity contribution in [3.8, 4) is 0 Å². The maximum atomic E-state index is 12.3. The molecule has 108 valence electrons. The van der Waals surface area contributed by atoms with Gasteiger partial charge in [0.05, 0.1) is 5.54 Å². The number of nitrogens with two attached hydrogens (primary N) is 1. The minimum Gasteiger partial charge on any atom is -0.341 e. The highest BCUT2D eigenvalue weighted by Gasteiger charge is 2.47. The standard InChI is InChI=1S/C14H28N2O.ClH/c1-11(2)5-9-16(10-6-12(3)4)13(17)14(15)7-8-14;/h11-12H,5-10,15H2,1-4H3;1H. The van der Waals surface area contributed by atoms with E-state index in [0.29, 0.717) is 11.8 Å². The molecule has 2 N–H and O–H groups in total. The van der Waals surface area contributed by atoms with Crippen LogP contribution in [0.15, 0.2) is 0 Å². The molecule has 1 fully saturated rings. The second kappa shape index (κ2) is 7.34. The Labute approximate surface area is 118 Å². The molecule has 0 aromatic carbocycles. The Morgan fingerprint density at radius 1 is 1.11 bits per heavy atom. The Hall–Kier alpha value is -0.280. The number of nitrogens with zero attached hydrogens (tertiary/aromatic N) is 1. The van der Waals surface area contributed by atoms with Crippen molar-refractivity contribution in [2.24, 2.45) is 17.6 Å². The van der Waals surface area contributed by atoms with Gasteiger partial charge in [0, 0.05) is 13.1 Å². The Morgan fingerprint density at radius 3 is 1.78 bits per heavy atom. The zero-order valence-electron chi connectivity index (χ0n) is 12.2. The molecule has 1 rings (SSSR count). The molecule has 0 bridgehead atoms. The SMILES string of the molecule is CC(C)CCN(CCC(C)C)C(=O)C1(N)CC1.Cl. The van der Waals surface area contributed by atoms with Crippen molar-refractivity contribution in [1.82, 2.24) is 4.90 Å². The first-order valence-corrected chi connectivity index (χ1v) is 6.93. The molecule has 0 aromatic heterocycles. The lowest BCUT2D eigenvalue weighted by atomic mass is 10.1. The van der Waals surface area contributed by atoms with E-state index in [0.717, 1.165) is 38.8 Å². The van der Waals surface area contributed by atoms with Gasteiger partial charge in [0.1, 0.15) is 0 Å². The van der Waals surface area contributed by atoms with Gasteiger partial charge in [-0.2, -0.15) is 0 Å². The molecule has 3 nitrogen and oxygen atoms in total. The molecule has 0 saturated heterocycles. The zero-order valence-corrected chi connectivity index (χ0v) is 13.1. The first-order chi connectivity index (χ1) is 7.85. The molecule has 0 unspecified atom stereocenters. The van der Waals surface area contributed by atoms with E-state index in [-0.39, 0.29) is 18.3 Å². The summed E-state index contributed by atoms with van der Waals surface area (Å²) < 4.78 is 0. The van der Waals surface area contributed by atoms with Crippen LogP contribution in [0, 0.1) is 11.8 Å². The van der Waals surface area contributed by atoms with Gasteiger partial charge in [-0.05, 0) is 37.5 Å². The van der Waals surface area contributed by atoms with Crippen molar-refractivity contribution in [3.05, 3.63) is 0 Å². The van der Waals surface area contributed by atoms with Gasteiger partial charge < -0.3 is 10.6 Å². The maximum absolute atomic E-state index is 12.3. The van der Waals surface area contributed by atoms with Crippen molar-refractivity contribution in [2.75, 3.05) is 13.1 Å². The molecule has 0 heterocycles. The van der Waals surface area contributed by atoms with Crippen molar-refractivity contribution in [2.45, 2.75) is 58.9 Å². The van der Waals surface area contributed by atoms with E-state index in [1.165, 1.54) is 0 Å². The smallest absolute Gasteiger partial charge is 0.242 e. The van der Waals surface area contributed by atoms with Gasteiger partial charge >= 0.3 is 0 Å². The van der Waals surface area contributed by atoms with E-state index < -0.39 is 5.54 Å². The zero-order chi connectivity index (χ0) is 13.1. The van der Waals surface area contributed by atoms with Crippen LogP contribution in [0.5, 0.6) is 0 Å². The van der Waals surface area contributed by atoms with Crippen LogP contribution in [0.4, 0.5) is 0 Å². The lowest BCUT2D eigenvalue weighted by Gasteiger charge is -2.27. The molecule has 1 saturated carbocycles. The van der Waals surface area contributed by atoms with Crippen molar-refractivity contribution >= 4 is 18.3 Å². The molecule has 1 aliphatic rings. The highest BCUT2D eigenvalue weighted by molar-refractivity contribution is 5.89. The normalized spacial score (nSPS) is 16.6. The molecule has 0 aromatic rings. The summed E-state index contributed by atoms with van der Waals surface area (Å²) in [5, 5.41) is 0. The Bertz CT molecular complexity index is 251. The predicted molar refractivity (Wildman–Crippen MR) is 78.9 cm³/mol. The van der Waals surface area contributed by atoms with E-state index in [9.17, 15) is 4.79 Å². The second-order valence-corrected chi connectivity index (χ2v) is 6.31. The highest BCUT2D eigenvalue weighted by atomic mass is 35.5. The van der Waals surface area contributed by atoms with Crippen LogP contribution in [0.2, 0.25) is 0 Å². The molecule has 0 atom stereocenters. The first-order valence-electron chi connectivity index (χ1n) is 6.93. The molecular formula is C14H29ClN2O. The average Bonchev–Trinajstić information content (AvgIpc) is 2.96. The minimum atomic E-state index is -0.506. The quantitative estimate of drug-likeness (QED) is 0.777. The summed E-state index contributed by atoms with van der Waals surface area (Å²) in [5.41, 5.74) is 5.51. The number of amides is 1. The number of carbonyl (C=O) groups is 1. The molecule has 1 aliphatic carbocycles. The van der Waals surface area contributed by atoms with Crippen LogP contribution in [0.1, 0.15) is 53.4 Å². The van der Waals surface area contributed by atoms with Crippen molar-refractivity contribution in [3.63, 3.8) is 0 Å². The fraction of sp³-hybridized carbons (Fsp3) is 0.929. The van der Waals surface area contributed by atoms with E-state index in [1.807, 2.05) is 4.90 Å². The summed E-state index contributed by atoms with van der Waals surface area (Å²) in [7, 11) is 0. The highest BCUT2D eigenvalue weighted by Crippen LogP contribution is 2.34. The van der Waals surface area contributed by atoms with E-state index in [1.54, 1.807) is 0 Å². The van der Waals surface area contributed by atoms with E-state index >= 15 is 0 Å². The summed E-state index contributed by atoms with van der Waals surface area (Å²) >= 11 is 0. The summed E-state index contributed by atoms with van der Waals surface area (Å²) in [4.78, 5) is 14.2. The largest absolute Gasteiger partial charge is 0.341 e. The summed E-state index contributed by atoms with van der Waals surface area (Å²) in [5.74, 6) is 1.45. The third-order valence-electron chi connectivity index (χ3n) is 3.45. The van der Waals surface area contributed by atoms with Gasteiger partial charge in [0.25, 0.3) is 0 Å². The van der Waals surface area contributed by atoms with Crippen LogP contribution in [-0.4, -0.2) is 29.4 Å². The number of hydrogen-bond donors (Lipinski definition) is 1. The van der Waals surface area contributed by atoms with Gasteiger partial charge in [-0.25, -0.2) is 0 Å². The van der Waals surface area contributed by atoms with Crippen LogP contribution in [0.3, 0.4) is 0 Å². The van der Waals surface area contributed by atoms with E-state index in [2.05, 4.69) is 27.7 Å². The maximum Gasteiger partial charge on any atom is 0.242 e. The number of rotatable bonds is 7. The fourth-order valence-electron chi connectivity index (χ4n) is 1.81. The summed E-state index contributed by atoms with van der Waals surface area (Å²) in [6.07, 6.45) is 3.87. The van der Waals surface area contributed by atoms with Crippen LogP contribution in [0.25, 0.3) is 0 Å². The Kier molecular flexibility index (Phi) is 7.23. The van der Waals surface area contributed by atoms with Crippen LogP contribution in [-0.2, 0) is 4.79 Å². The van der Waals surface area contributed by atoms with Gasteiger partial charge in [-0.1, -0.05) is 27.7 Å². The molecule has 4 heteroatoms. The second-order valence-electron chi connectivity index (χ2n) is 6.31. The van der Waals surface area contributed by atoms with Gasteiger partial charge in [-0.15, -0.1) is 12.4 Å². The van der Waals surface area contributed by atoms with Crippen LogP contribution < -0.4 is 5.73 Å². The molecule has 0 radical (unpaired) electrons. The fourth-order valence-corrected chi connectivity index (χ4v) is 1.81. The lowest BCUT2D eigenvalue weighted by Crippen LogP contribution is -2.46.